The summed E-state index contributed by atoms with van der Waals surface area (Å²) in [6.45, 7) is 9.19. The van der Waals surface area contributed by atoms with Crippen LogP contribution in [0.2, 0.25) is 5.02 Å². The molecule has 1 amide bonds. The number of piperidine rings is 1. The van der Waals surface area contributed by atoms with Crippen molar-refractivity contribution >= 4 is 49.3 Å². The topological polar surface area (TPSA) is 151 Å². The van der Waals surface area contributed by atoms with Crippen molar-refractivity contribution in [3.8, 4) is 5.75 Å². The molecule has 2 aliphatic carbocycles. The SMILES string of the molecule is CO[C@@]1(C=O)/C=C/C[C@H](C)[C@@H](C)S(=O)(=O)NC(=O)c2ccc3c(c2)N(C[C@@H]2CC[C@H]21)C[C@@]1(CCCc2cc(Cl)ccc21)CO3.CS(=O)(=O)C1CCN2CCNCC2C1. The molecular weight excluding hydrogens is 800 g/mol. The number of benzene rings is 2. The number of halogens is 1. The summed E-state index contributed by atoms with van der Waals surface area (Å²) >= 11 is 6.40. The molecule has 8 atom stereocenters. The second-order valence-electron chi connectivity index (χ2n) is 17.6. The molecule has 2 aromatic carbocycles. The number of aryl methyl sites for hydroxylation is 1. The van der Waals surface area contributed by atoms with E-state index in [0.717, 1.165) is 83.1 Å². The van der Waals surface area contributed by atoms with Gasteiger partial charge in [0.1, 0.15) is 21.2 Å². The third-order valence-corrected chi connectivity index (χ3v) is 17.8. The number of piperazine rings is 1. The standard InChI is InChI=1S/C34H41ClN2O6S.C9H18N2O2S/c1-22-6-4-15-34(20-38,42-3)29-11-8-26(29)18-37-19-33(14-5-7-24-16-27(35)10-12-28(24)33)21-43-31-13-9-25(17-30(31)37)32(39)36-44(40,41)23(22)2;1-14(12,13)9-2-4-11-5-3-10-7-8(11)6-9/h4,9-10,12-13,15-17,20,22-23,26,29H,5-8,11,14,18-19,21H2,1-3H3,(H,36,39);8-10H,2-7H2,1H3/b15-4+;/t22-,23+,26-,29+,33-,34+;/m0./s1. The van der Waals surface area contributed by atoms with Crippen LogP contribution in [-0.4, -0.2) is 115 Å². The number of nitrogens with one attached hydrogen (secondary N) is 2. The number of aldehydes is 1. The Bertz CT molecular complexity index is 2120. The first kappa shape index (κ1) is 43.1. The number of sulfone groups is 1. The van der Waals surface area contributed by atoms with Crippen molar-refractivity contribution in [2.24, 2.45) is 17.8 Å². The zero-order valence-corrected chi connectivity index (χ0v) is 36.5. The smallest absolute Gasteiger partial charge is 0.264 e. The minimum absolute atomic E-state index is 0.0434. The quantitative estimate of drug-likeness (QED) is 0.320. The number of carbonyl (C=O) groups excluding carboxylic acids is 2. The average molecular weight is 860 g/mol. The van der Waals surface area contributed by atoms with Gasteiger partial charge in [0, 0.05) is 74.1 Å². The van der Waals surface area contributed by atoms with Gasteiger partial charge in [0.25, 0.3) is 5.91 Å². The van der Waals surface area contributed by atoms with E-state index in [4.69, 9.17) is 21.1 Å². The van der Waals surface area contributed by atoms with Gasteiger partial charge in [0.2, 0.25) is 10.0 Å². The minimum Gasteiger partial charge on any atom is -0.490 e. The van der Waals surface area contributed by atoms with Crippen molar-refractivity contribution in [1.29, 1.82) is 0 Å². The Labute approximate surface area is 349 Å². The predicted molar refractivity (Wildman–Crippen MR) is 227 cm³/mol. The number of fused-ring (bicyclic) bond motifs is 5. The number of anilines is 1. The van der Waals surface area contributed by atoms with Crippen LogP contribution in [0.15, 0.2) is 48.6 Å². The number of ether oxygens (including phenoxy) is 2. The van der Waals surface area contributed by atoms with Gasteiger partial charge in [-0.2, -0.15) is 0 Å². The van der Waals surface area contributed by atoms with Gasteiger partial charge < -0.3 is 19.7 Å². The summed E-state index contributed by atoms with van der Waals surface area (Å²) in [7, 11) is -5.24. The summed E-state index contributed by atoms with van der Waals surface area (Å²) in [5.74, 6) is -0.203. The number of hydrogen-bond donors (Lipinski definition) is 2. The zero-order chi connectivity index (χ0) is 41.5. The van der Waals surface area contributed by atoms with Gasteiger partial charge in [-0.15, -0.1) is 0 Å². The monoisotopic (exact) mass is 858 g/mol. The Hall–Kier alpha value is -3.01. The lowest BCUT2D eigenvalue weighted by molar-refractivity contribution is -0.135. The summed E-state index contributed by atoms with van der Waals surface area (Å²) < 4.78 is 64.2. The van der Waals surface area contributed by atoms with Crippen LogP contribution >= 0.6 is 11.6 Å². The first-order valence-electron chi connectivity index (χ1n) is 20.8. The molecule has 4 heterocycles. The molecule has 15 heteroatoms. The van der Waals surface area contributed by atoms with E-state index < -0.39 is 36.6 Å². The average Bonchev–Trinajstić information content (AvgIpc) is 3.34. The maximum atomic E-state index is 13.4. The van der Waals surface area contributed by atoms with E-state index >= 15 is 0 Å². The van der Waals surface area contributed by atoms with E-state index in [0.29, 0.717) is 42.9 Å². The highest BCUT2D eigenvalue weighted by Gasteiger charge is 2.49. The molecule has 318 valence electrons. The van der Waals surface area contributed by atoms with E-state index in [9.17, 15) is 26.4 Å². The van der Waals surface area contributed by atoms with E-state index in [1.807, 2.05) is 25.1 Å². The molecule has 2 N–H and O–H groups in total. The molecule has 6 aliphatic rings. The van der Waals surface area contributed by atoms with E-state index in [-0.39, 0.29) is 34.0 Å². The van der Waals surface area contributed by atoms with Gasteiger partial charge in [0.05, 0.1) is 22.8 Å². The fourth-order valence-electron chi connectivity index (χ4n) is 10.1. The molecular formula is C43H59ClN4O8S2. The van der Waals surface area contributed by atoms with E-state index in [2.05, 4.69) is 32.0 Å². The van der Waals surface area contributed by atoms with Crippen LogP contribution in [0, 0.1) is 17.8 Å². The molecule has 58 heavy (non-hydrogen) atoms. The molecule has 1 spiro atoms. The molecule has 8 rings (SSSR count). The number of amides is 1. The number of rotatable bonds is 3. The number of sulfonamides is 1. The number of nitrogens with zero attached hydrogens (tertiary/aromatic N) is 2. The molecule has 0 aromatic heterocycles. The molecule has 1 saturated carbocycles. The van der Waals surface area contributed by atoms with E-state index in [1.54, 1.807) is 32.2 Å². The normalized spacial score (nSPS) is 34.2. The second kappa shape index (κ2) is 17.2. The van der Waals surface area contributed by atoms with Crippen molar-refractivity contribution in [3.05, 3.63) is 70.3 Å². The summed E-state index contributed by atoms with van der Waals surface area (Å²) in [6, 6.07) is 11.7. The molecule has 12 nitrogen and oxygen atoms in total. The molecule has 2 unspecified atom stereocenters. The zero-order valence-electron chi connectivity index (χ0n) is 34.1. The number of carbonyl (C=O) groups is 2. The summed E-state index contributed by atoms with van der Waals surface area (Å²) in [4.78, 5) is 30.8. The van der Waals surface area contributed by atoms with Crippen molar-refractivity contribution in [2.75, 3.05) is 64.1 Å². The molecule has 2 saturated heterocycles. The summed E-state index contributed by atoms with van der Waals surface area (Å²) in [5, 5.41) is 3.09. The molecule has 2 bridgehead atoms. The molecule has 3 fully saturated rings. The minimum atomic E-state index is -3.97. The van der Waals surface area contributed by atoms with Gasteiger partial charge in [-0.3, -0.25) is 14.5 Å². The third-order valence-electron chi connectivity index (χ3n) is 14.1. The van der Waals surface area contributed by atoms with Gasteiger partial charge in [-0.05, 0) is 124 Å². The molecule has 2 aromatic rings. The molecule has 0 radical (unpaired) electrons. The van der Waals surface area contributed by atoms with Crippen LogP contribution in [0.25, 0.3) is 0 Å². The highest BCUT2D eigenvalue weighted by atomic mass is 35.5. The van der Waals surface area contributed by atoms with Crippen LogP contribution < -0.4 is 19.7 Å². The molecule has 4 aliphatic heterocycles. The Balaban J connectivity index is 0.000000307. The van der Waals surface area contributed by atoms with Gasteiger partial charge >= 0.3 is 0 Å². The third kappa shape index (κ3) is 8.74. The van der Waals surface area contributed by atoms with Crippen LogP contribution in [0.4, 0.5) is 5.69 Å². The Morgan fingerprint density at radius 3 is 2.62 bits per heavy atom. The maximum Gasteiger partial charge on any atom is 0.264 e. The van der Waals surface area contributed by atoms with Crippen LogP contribution in [0.3, 0.4) is 0 Å². The lowest BCUT2D eigenvalue weighted by Crippen LogP contribution is -2.56. The summed E-state index contributed by atoms with van der Waals surface area (Å²) in [5.41, 5.74) is 2.05. The van der Waals surface area contributed by atoms with E-state index in [1.165, 1.54) is 17.4 Å². The van der Waals surface area contributed by atoms with Gasteiger partial charge in [0.15, 0.2) is 6.29 Å². The van der Waals surface area contributed by atoms with Gasteiger partial charge in [-0.1, -0.05) is 30.7 Å². The first-order chi connectivity index (χ1) is 27.6. The Morgan fingerprint density at radius 1 is 1.09 bits per heavy atom. The fraction of sp³-hybridized carbons (Fsp3) is 0.628. The largest absolute Gasteiger partial charge is 0.490 e. The highest BCUT2D eigenvalue weighted by molar-refractivity contribution is 7.91. The number of methoxy groups -OCH3 is 1. The number of allylic oxidation sites excluding steroid dienone is 1. The van der Waals surface area contributed by atoms with Crippen molar-refractivity contribution < 1.29 is 35.9 Å². The van der Waals surface area contributed by atoms with Crippen LogP contribution in [-0.2, 0) is 41.2 Å². The fourth-order valence-corrected chi connectivity index (χ4v) is 12.7. The van der Waals surface area contributed by atoms with Crippen LogP contribution in [0.5, 0.6) is 5.75 Å². The van der Waals surface area contributed by atoms with Crippen molar-refractivity contribution in [3.63, 3.8) is 0 Å². The second-order valence-corrected chi connectivity index (χ2v) is 22.4. The predicted octanol–water partition coefficient (Wildman–Crippen LogP) is 4.93. The lowest BCUT2D eigenvalue weighted by atomic mass is 9.64. The Morgan fingerprint density at radius 2 is 1.90 bits per heavy atom. The first-order valence-corrected chi connectivity index (χ1v) is 24.7. The van der Waals surface area contributed by atoms with Gasteiger partial charge in [-0.25, -0.2) is 21.6 Å². The maximum absolute atomic E-state index is 13.4. The number of hydrogen-bond acceptors (Lipinski definition) is 11. The lowest BCUT2D eigenvalue weighted by Gasteiger charge is -2.48. The summed E-state index contributed by atoms with van der Waals surface area (Å²) in [6.07, 6.45) is 12.6. The van der Waals surface area contributed by atoms with Crippen molar-refractivity contribution in [1.82, 2.24) is 14.9 Å². The highest BCUT2D eigenvalue weighted by Crippen LogP contribution is 2.48. The van der Waals surface area contributed by atoms with Crippen LogP contribution in [0.1, 0.15) is 80.3 Å². The van der Waals surface area contributed by atoms with Crippen molar-refractivity contribution in [2.45, 2.75) is 92.8 Å². The Kier molecular flexibility index (Phi) is 12.7.